The van der Waals surface area contributed by atoms with Gasteiger partial charge >= 0.3 is 0 Å². The van der Waals surface area contributed by atoms with E-state index in [1.807, 2.05) is 26.8 Å². The lowest BCUT2D eigenvalue weighted by Crippen LogP contribution is -2.50. The molecule has 0 spiro atoms. The quantitative estimate of drug-likeness (QED) is 0.535. The molecule has 28 heavy (non-hydrogen) atoms. The van der Waals surface area contributed by atoms with E-state index < -0.39 is 0 Å². The fourth-order valence-electron chi connectivity index (χ4n) is 3.24. The molecule has 1 aliphatic heterocycles. The molecule has 0 radical (unpaired) electrons. The maximum atomic E-state index is 12.4. The van der Waals surface area contributed by atoms with Crippen LogP contribution in [0.1, 0.15) is 52.2 Å². The highest BCUT2D eigenvalue weighted by Crippen LogP contribution is 2.28. The summed E-state index contributed by atoms with van der Waals surface area (Å²) < 4.78 is 16.4. The average Bonchev–Trinajstić information content (AvgIpc) is 3.16. The van der Waals surface area contributed by atoms with Gasteiger partial charge in [-0.05, 0) is 43.8 Å². The number of methoxy groups -OCH3 is 1. The van der Waals surface area contributed by atoms with E-state index in [-0.39, 0.29) is 30.1 Å². The summed E-state index contributed by atoms with van der Waals surface area (Å²) in [5, 5.41) is 6.84. The standard InChI is InChI=1S/C22H32N2O4/c1-7-14(2)8-10-19-16(4)12-18(17(5)27-19)23-21(25)11-9-15(3)20-13-22(26-6)24-28-20/h7-9,11,13,15-19H,1,10,12H2,2-6H3,(H,23,25)/b11-9?,14-8+/t15?,16-,17+,18+,19-/m0/s1. The number of amides is 1. The minimum absolute atomic E-state index is 0.00596. The summed E-state index contributed by atoms with van der Waals surface area (Å²) in [6.45, 7) is 11.9. The number of hydrogen-bond donors (Lipinski definition) is 1. The van der Waals surface area contributed by atoms with E-state index in [9.17, 15) is 4.79 Å². The van der Waals surface area contributed by atoms with Crippen molar-refractivity contribution in [2.75, 3.05) is 7.11 Å². The molecule has 0 aliphatic carbocycles. The molecule has 2 heterocycles. The molecule has 1 aromatic rings. The minimum atomic E-state index is -0.133. The molecule has 1 unspecified atom stereocenters. The number of carbonyl (C=O) groups excluding carboxylic acids is 1. The smallest absolute Gasteiger partial charge is 0.254 e. The van der Waals surface area contributed by atoms with E-state index in [1.54, 1.807) is 18.2 Å². The molecule has 1 aliphatic rings. The second kappa shape index (κ2) is 10.3. The second-order valence-electron chi connectivity index (χ2n) is 7.52. The number of aromatic nitrogens is 1. The molecule has 1 aromatic heterocycles. The van der Waals surface area contributed by atoms with E-state index in [0.717, 1.165) is 18.4 Å². The SMILES string of the molecule is C=C/C(C)=C/C[C@@H]1O[C@H](C)[C@H](NC(=O)C=CC(C)c2cc(OC)no2)C[C@@H]1C. The van der Waals surface area contributed by atoms with Crippen molar-refractivity contribution in [3.63, 3.8) is 0 Å². The molecule has 6 heteroatoms. The average molecular weight is 389 g/mol. The van der Waals surface area contributed by atoms with Crippen molar-refractivity contribution in [1.29, 1.82) is 0 Å². The van der Waals surface area contributed by atoms with Gasteiger partial charge in [0.1, 0.15) is 5.76 Å². The van der Waals surface area contributed by atoms with Gasteiger partial charge in [0.05, 0.1) is 25.4 Å². The van der Waals surface area contributed by atoms with E-state index in [0.29, 0.717) is 17.6 Å². The first-order chi connectivity index (χ1) is 13.3. The van der Waals surface area contributed by atoms with Crippen LogP contribution in [0.2, 0.25) is 0 Å². The maximum absolute atomic E-state index is 12.4. The van der Waals surface area contributed by atoms with Crippen LogP contribution in [0, 0.1) is 5.92 Å². The highest BCUT2D eigenvalue weighted by molar-refractivity contribution is 5.87. The van der Waals surface area contributed by atoms with Gasteiger partial charge < -0.3 is 19.3 Å². The summed E-state index contributed by atoms with van der Waals surface area (Å²) in [7, 11) is 1.53. The van der Waals surface area contributed by atoms with Crippen molar-refractivity contribution in [2.45, 2.75) is 64.7 Å². The first kappa shape index (κ1) is 22.0. The summed E-state index contributed by atoms with van der Waals surface area (Å²) in [4.78, 5) is 12.4. The van der Waals surface area contributed by atoms with Crippen LogP contribution in [0.15, 0.2) is 47.0 Å². The molecule has 5 atom stereocenters. The van der Waals surface area contributed by atoms with Crippen molar-refractivity contribution in [1.82, 2.24) is 10.5 Å². The Morgan fingerprint density at radius 2 is 2.25 bits per heavy atom. The molecule has 154 valence electrons. The third kappa shape index (κ3) is 6.09. The number of rotatable bonds is 8. The number of nitrogens with zero attached hydrogens (tertiary/aromatic N) is 1. The van der Waals surface area contributed by atoms with Gasteiger partial charge in [0, 0.05) is 12.0 Å². The largest absolute Gasteiger partial charge is 0.479 e. The molecule has 0 bridgehead atoms. The Morgan fingerprint density at radius 3 is 2.89 bits per heavy atom. The first-order valence-electron chi connectivity index (χ1n) is 9.78. The molecule has 2 rings (SSSR count). The molecule has 1 amide bonds. The number of nitrogens with one attached hydrogen (secondary N) is 1. The molecule has 6 nitrogen and oxygen atoms in total. The van der Waals surface area contributed by atoms with Crippen LogP contribution in [0.5, 0.6) is 5.88 Å². The maximum Gasteiger partial charge on any atom is 0.254 e. The topological polar surface area (TPSA) is 73.6 Å². The van der Waals surface area contributed by atoms with Crippen LogP contribution >= 0.6 is 0 Å². The van der Waals surface area contributed by atoms with Gasteiger partial charge in [0.25, 0.3) is 5.88 Å². The summed E-state index contributed by atoms with van der Waals surface area (Å²) in [5.41, 5.74) is 1.16. The van der Waals surface area contributed by atoms with E-state index >= 15 is 0 Å². The molecule has 0 saturated carbocycles. The molecule has 1 N–H and O–H groups in total. The van der Waals surface area contributed by atoms with Crippen molar-refractivity contribution < 1.29 is 18.8 Å². The van der Waals surface area contributed by atoms with Crippen LogP contribution in [0.3, 0.4) is 0 Å². The molecule has 1 fully saturated rings. The number of allylic oxidation sites excluding steroid dienone is 3. The monoisotopic (exact) mass is 388 g/mol. The Hall–Kier alpha value is -2.34. The third-order valence-electron chi connectivity index (χ3n) is 5.24. The van der Waals surface area contributed by atoms with Crippen molar-refractivity contribution in [3.8, 4) is 5.88 Å². The molecule has 0 aromatic carbocycles. The molecular weight excluding hydrogens is 356 g/mol. The van der Waals surface area contributed by atoms with Gasteiger partial charge in [0.2, 0.25) is 5.91 Å². The third-order valence-corrected chi connectivity index (χ3v) is 5.24. The fourth-order valence-corrected chi connectivity index (χ4v) is 3.24. The van der Waals surface area contributed by atoms with Crippen molar-refractivity contribution in [2.24, 2.45) is 5.92 Å². The Morgan fingerprint density at radius 1 is 1.50 bits per heavy atom. The summed E-state index contributed by atoms with van der Waals surface area (Å²) in [6, 6.07) is 1.71. The molecule has 1 saturated heterocycles. The highest BCUT2D eigenvalue weighted by atomic mass is 16.5. The Kier molecular flexibility index (Phi) is 8.05. The number of ether oxygens (including phenoxy) is 2. The normalized spacial score (nSPS) is 26.8. The van der Waals surface area contributed by atoms with Crippen LogP contribution in [-0.2, 0) is 9.53 Å². The summed E-state index contributed by atoms with van der Waals surface area (Å²) in [5.74, 6) is 1.22. The number of carbonyl (C=O) groups is 1. The van der Waals surface area contributed by atoms with Crippen molar-refractivity contribution >= 4 is 5.91 Å². The van der Waals surface area contributed by atoms with Gasteiger partial charge in [-0.2, -0.15) is 0 Å². The predicted molar refractivity (Wildman–Crippen MR) is 109 cm³/mol. The lowest BCUT2D eigenvalue weighted by molar-refractivity contribution is -0.123. The van der Waals surface area contributed by atoms with Gasteiger partial charge in [0.15, 0.2) is 0 Å². The van der Waals surface area contributed by atoms with Gasteiger partial charge in [-0.1, -0.05) is 44.2 Å². The lowest BCUT2D eigenvalue weighted by atomic mass is 9.88. The summed E-state index contributed by atoms with van der Waals surface area (Å²) in [6.07, 6.45) is 9.22. The van der Waals surface area contributed by atoms with Crippen LogP contribution in [0.25, 0.3) is 0 Å². The zero-order chi connectivity index (χ0) is 20.7. The lowest BCUT2D eigenvalue weighted by Gasteiger charge is -2.39. The summed E-state index contributed by atoms with van der Waals surface area (Å²) >= 11 is 0. The second-order valence-corrected chi connectivity index (χ2v) is 7.52. The predicted octanol–water partition coefficient (Wildman–Crippen LogP) is 4.16. The van der Waals surface area contributed by atoms with Crippen LogP contribution < -0.4 is 10.1 Å². The minimum Gasteiger partial charge on any atom is -0.479 e. The Balaban J connectivity index is 1.87. The van der Waals surface area contributed by atoms with Crippen LogP contribution in [0.4, 0.5) is 0 Å². The zero-order valence-corrected chi connectivity index (χ0v) is 17.5. The highest BCUT2D eigenvalue weighted by Gasteiger charge is 2.33. The van der Waals surface area contributed by atoms with Gasteiger partial charge in [-0.25, -0.2) is 0 Å². The van der Waals surface area contributed by atoms with Crippen molar-refractivity contribution in [3.05, 3.63) is 48.3 Å². The van der Waals surface area contributed by atoms with E-state index in [2.05, 4.69) is 30.1 Å². The zero-order valence-electron chi connectivity index (χ0n) is 17.5. The van der Waals surface area contributed by atoms with E-state index in [1.165, 1.54) is 7.11 Å². The van der Waals surface area contributed by atoms with Crippen LogP contribution in [-0.4, -0.2) is 36.4 Å². The Bertz CT molecular complexity index is 722. The Labute approximate surface area is 167 Å². The van der Waals surface area contributed by atoms with Gasteiger partial charge in [-0.15, -0.1) is 0 Å². The number of hydrogen-bond acceptors (Lipinski definition) is 5. The van der Waals surface area contributed by atoms with Gasteiger partial charge in [-0.3, -0.25) is 4.79 Å². The van der Waals surface area contributed by atoms with E-state index in [4.69, 9.17) is 14.0 Å². The molecular formula is C22H32N2O4. The fraction of sp³-hybridized carbons (Fsp3) is 0.545. The first-order valence-corrected chi connectivity index (χ1v) is 9.78.